The van der Waals surface area contributed by atoms with E-state index in [2.05, 4.69) is 16.4 Å². The zero-order chi connectivity index (χ0) is 21.8. The molecule has 2 aliphatic rings. The quantitative estimate of drug-likeness (QED) is 0.694. The van der Waals surface area contributed by atoms with Gasteiger partial charge in [0.05, 0.1) is 31.4 Å². The average molecular weight is 439 g/mol. The summed E-state index contributed by atoms with van der Waals surface area (Å²) in [5.41, 5.74) is 2.31. The van der Waals surface area contributed by atoms with Crippen molar-refractivity contribution < 1.29 is 19.4 Å². The van der Waals surface area contributed by atoms with Gasteiger partial charge in [0.15, 0.2) is 0 Å². The summed E-state index contributed by atoms with van der Waals surface area (Å²) in [5.74, 6) is -0.136. The van der Waals surface area contributed by atoms with Gasteiger partial charge in [0.25, 0.3) is 0 Å². The monoisotopic (exact) mass is 438 g/mol. The average Bonchev–Trinajstić information content (AvgIpc) is 3.10. The Hall–Kier alpha value is -3.22. The Labute approximate surface area is 183 Å². The Bertz CT molecular complexity index is 1040. The maximum atomic E-state index is 12.3. The topological polar surface area (TPSA) is 116 Å². The van der Waals surface area contributed by atoms with Gasteiger partial charge >= 0.3 is 6.09 Å². The van der Waals surface area contributed by atoms with Crippen LogP contribution in [-0.4, -0.2) is 52.8 Å². The van der Waals surface area contributed by atoms with Crippen molar-refractivity contribution in [3.8, 4) is 6.07 Å². The van der Waals surface area contributed by atoms with Crippen LogP contribution in [0.25, 0.3) is 6.08 Å². The fraction of sp³-hybridized carbons (Fsp3) is 0.364. The number of aliphatic hydroxyl groups excluding tert-OH is 1. The van der Waals surface area contributed by atoms with Gasteiger partial charge in [-0.1, -0.05) is 6.07 Å². The number of pyridine rings is 1. The smallest absolute Gasteiger partial charge is 0.409 e. The Kier molecular flexibility index (Phi) is 6.30. The molecule has 2 aromatic rings. The summed E-state index contributed by atoms with van der Waals surface area (Å²) >= 11 is 1.41. The van der Waals surface area contributed by atoms with E-state index in [1.165, 1.54) is 22.3 Å². The van der Waals surface area contributed by atoms with Gasteiger partial charge in [-0.15, -0.1) is 11.3 Å². The molecule has 4 rings (SSSR count). The number of likely N-dealkylation sites (tertiary alicyclic amines) is 1. The molecule has 31 heavy (non-hydrogen) atoms. The largest absolute Gasteiger partial charge is 0.449 e. The molecular formula is C22H22N4O4S. The normalized spacial score (nSPS) is 18.2. The van der Waals surface area contributed by atoms with E-state index >= 15 is 0 Å². The van der Waals surface area contributed by atoms with Crippen molar-refractivity contribution in [2.24, 2.45) is 5.92 Å². The molecule has 0 radical (unpaired) electrons. The van der Waals surface area contributed by atoms with Crippen LogP contribution in [0.3, 0.4) is 0 Å². The Morgan fingerprint density at radius 2 is 2.29 bits per heavy atom. The lowest BCUT2D eigenvalue weighted by atomic mass is 9.88. The van der Waals surface area contributed by atoms with Gasteiger partial charge in [-0.2, -0.15) is 5.26 Å². The van der Waals surface area contributed by atoms with Gasteiger partial charge in [-0.3, -0.25) is 9.78 Å². The second kappa shape index (κ2) is 9.29. The summed E-state index contributed by atoms with van der Waals surface area (Å²) in [5, 5.41) is 22.3. The Morgan fingerprint density at radius 3 is 3.00 bits per heavy atom. The summed E-state index contributed by atoms with van der Waals surface area (Å²) in [7, 11) is 0. The van der Waals surface area contributed by atoms with E-state index in [-0.39, 0.29) is 11.8 Å². The molecule has 9 heteroatoms. The lowest BCUT2D eigenvalue weighted by molar-refractivity contribution is -0.111. The summed E-state index contributed by atoms with van der Waals surface area (Å²) in [6.07, 6.45) is 7.79. The number of thiophene rings is 1. The summed E-state index contributed by atoms with van der Waals surface area (Å²) in [6.45, 7) is 0.949. The second-order valence-corrected chi connectivity index (χ2v) is 8.78. The molecule has 3 heterocycles. The van der Waals surface area contributed by atoms with Crippen LogP contribution in [0.4, 0.5) is 9.80 Å². The number of fused-ring (bicyclic) bond motifs is 1. The summed E-state index contributed by atoms with van der Waals surface area (Å²) < 4.78 is 5.38. The number of aromatic nitrogens is 1. The van der Waals surface area contributed by atoms with Crippen molar-refractivity contribution >= 4 is 34.4 Å². The van der Waals surface area contributed by atoms with Crippen LogP contribution in [-0.2, 0) is 22.4 Å². The molecule has 0 bridgehead atoms. The second-order valence-electron chi connectivity index (χ2n) is 7.67. The number of nitriles is 1. The number of hydrogen-bond donors (Lipinski definition) is 2. The van der Waals surface area contributed by atoms with Gasteiger partial charge in [-0.05, 0) is 48.4 Å². The number of rotatable bonds is 5. The summed E-state index contributed by atoms with van der Waals surface area (Å²) in [6, 6.07) is 5.86. The third-order valence-corrected chi connectivity index (χ3v) is 6.56. The molecule has 0 spiro atoms. The van der Waals surface area contributed by atoms with E-state index in [1.54, 1.807) is 24.5 Å². The molecule has 2 aromatic heterocycles. The van der Waals surface area contributed by atoms with Crippen LogP contribution in [0.5, 0.6) is 0 Å². The van der Waals surface area contributed by atoms with Crippen molar-refractivity contribution in [1.29, 1.82) is 5.26 Å². The highest BCUT2D eigenvalue weighted by molar-refractivity contribution is 7.16. The minimum atomic E-state index is -0.451. The van der Waals surface area contributed by atoms with Crippen molar-refractivity contribution in [2.45, 2.75) is 25.4 Å². The van der Waals surface area contributed by atoms with Gasteiger partial charge < -0.3 is 20.1 Å². The number of carbonyl (C=O) groups excluding carboxylic acids is 2. The third kappa shape index (κ3) is 4.93. The molecule has 1 aliphatic carbocycles. The number of nitrogens with zero attached hydrogens (tertiary/aromatic N) is 3. The van der Waals surface area contributed by atoms with Gasteiger partial charge in [-0.25, -0.2) is 4.79 Å². The molecule has 1 unspecified atom stereocenters. The molecule has 1 saturated heterocycles. The van der Waals surface area contributed by atoms with E-state index in [9.17, 15) is 20.0 Å². The molecule has 160 valence electrons. The van der Waals surface area contributed by atoms with Crippen LogP contribution in [0, 0.1) is 17.2 Å². The third-order valence-electron chi connectivity index (χ3n) is 5.39. The van der Waals surface area contributed by atoms with Crippen LogP contribution in [0.1, 0.15) is 28.0 Å². The van der Waals surface area contributed by atoms with Crippen LogP contribution in [0.2, 0.25) is 0 Å². The first-order valence-electron chi connectivity index (χ1n) is 10.1. The standard InChI is InChI=1S/C22H22N4O4S/c23-9-18-17-5-3-15(13-30-22(29)26-11-16(27)12-26)8-19(17)31-21(18)25-20(28)6-4-14-2-1-7-24-10-14/h1-2,4,6-7,10,15-16,27H,3,5,8,11-13H2,(H,25,28)/b6-4+. The SMILES string of the molecule is N#Cc1c(NC(=O)/C=C/c2cccnc2)sc2c1CCC(COC(=O)N1CC(O)C1)C2. The van der Waals surface area contributed by atoms with Gasteiger partial charge in [0.2, 0.25) is 5.91 Å². The highest BCUT2D eigenvalue weighted by Crippen LogP contribution is 2.39. The number of carbonyl (C=O) groups is 2. The number of anilines is 1. The number of β-amino-alcohol motifs (C(OH)–C–C–N with tert-alkyl or cyclic N) is 1. The fourth-order valence-corrected chi connectivity index (χ4v) is 5.00. The van der Waals surface area contributed by atoms with Gasteiger partial charge in [0.1, 0.15) is 11.1 Å². The zero-order valence-electron chi connectivity index (χ0n) is 16.8. The fourth-order valence-electron chi connectivity index (χ4n) is 3.69. The lowest BCUT2D eigenvalue weighted by Gasteiger charge is -2.35. The first kappa shape index (κ1) is 21.0. The molecule has 0 aromatic carbocycles. The molecule has 1 aliphatic heterocycles. The predicted octanol–water partition coefficient (Wildman–Crippen LogP) is 2.58. The van der Waals surface area contributed by atoms with Crippen molar-refractivity contribution in [1.82, 2.24) is 9.88 Å². The first-order chi connectivity index (χ1) is 15.0. The molecule has 0 saturated carbocycles. The number of hydrogen-bond acceptors (Lipinski definition) is 7. The highest BCUT2D eigenvalue weighted by Gasteiger charge is 2.31. The minimum absolute atomic E-state index is 0.168. The summed E-state index contributed by atoms with van der Waals surface area (Å²) in [4.78, 5) is 30.8. The minimum Gasteiger partial charge on any atom is -0.449 e. The van der Waals surface area contributed by atoms with E-state index in [4.69, 9.17) is 4.74 Å². The molecule has 2 N–H and O–H groups in total. The molecule has 8 nitrogen and oxygen atoms in total. The maximum Gasteiger partial charge on any atom is 0.409 e. The lowest BCUT2D eigenvalue weighted by Crippen LogP contribution is -2.53. The molecule has 1 fully saturated rings. The van der Waals surface area contributed by atoms with E-state index in [0.717, 1.165) is 22.4 Å². The van der Waals surface area contributed by atoms with Crippen LogP contribution in [0.15, 0.2) is 30.6 Å². The number of nitrogens with one attached hydrogen (secondary N) is 1. The Morgan fingerprint density at radius 1 is 1.45 bits per heavy atom. The number of aliphatic hydroxyl groups is 1. The number of ether oxygens (including phenoxy) is 1. The zero-order valence-corrected chi connectivity index (χ0v) is 17.6. The molecular weight excluding hydrogens is 416 g/mol. The Balaban J connectivity index is 1.36. The van der Waals surface area contributed by atoms with Crippen molar-refractivity contribution in [2.75, 3.05) is 25.0 Å². The van der Waals surface area contributed by atoms with Crippen molar-refractivity contribution in [3.05, 3.63) is 52.2 Å². The molecule has 1 atom stereocenters. The van der Waals surface area contributed by atoms with Crippen LogP contribution < -0.4 is 5.32 Å². The van der Waals surface area contributed by atoms with Crippen LogP contribution >= 0.6 is 11.3 Å². The van der Waals surface area contributed by atoms with E-state index in [1.807, 2.05) is 6.07 Å². The van der Waals surface area contributed by atoms with Crippen molar-refractivity contribution in [3.63, 3.8) is 0 Å². The van der Waals surface area contributed by atoms with Gasteiger partial charge in [0, 0.05) is 23.3 Å². The van der Waals surface area contributed by atoms with E-state index < -0.39 is 12.2 Å². The number of amides is 2. The maximum absolute atomic E-state index is 12.3. The highest BCUT2D eigenvalue weighted by atomic mass is 32.1. The molecule has 2 amide bonds. The van der Waals surface area contributed by atoms with E-state index in [0.29, 0.717) is 43.1 Å². The predicted molar refractivity (Wildman–Crippen MR) is 115 cm³/mol. The first-order valence-corrected chi connectivity index (χ1v) is 10.9.